The van der Waals surface area contributed by atoms with Crippen LogP contribution in [0, 0.1) is 0 Å². The van der Waals surface area contributed by atoms with Crippen molar-refractivity contribution in [3.8, 4) is 0 Å². The van der Waals surface area contributed by atoms with Crippen LogP contribution < -0.4 is 5.32 Å². The number of nitrogens with zero attached hydrogens (tertiary/aromatic N) is 3. The molecule has 0 spiro atoms. The molecule has 1 aromatic rings. The molecule has 6 heteroatoms. The van der Waals surface area contributed by atoms with Gasteiger partial charge in [0.25, 0.3) is 5.91 Å². The van der Waals surface area contributed by atoms with Gasteiger partial charge in [-0.2, -0.15) is 0 Å². The van der Waals surface area contributed by atoms with Crippen molar-refractivity contribution < 1.29 is 9.90 Å². The molecule has 2 rings (SSSR count). The van der Waals surface area contributed by atoms with Gasteiger partial charge < -0.3 is 10.4 Å². The minimum atomic E-state index is -0.165. The van der Waals surface area contributed by atoms with Crippen molar-refractivity contribution in [1.29, 1.82) is 0 Å². The Balaban J connectivity index is 1.83. The Morgan fingerprint density at radius 1 is 1.50 bits per heavy atom. The summed E-state index contributed by atoms with van der Waals surface area (Å²) in [6.45, 7) is 6.52. The molecule has 0 saturated carbocycles. The van der Waals surface area contributed by atoms with Crippen LogP contribution in [0.4, 0.5) is 0 Å². The van der Waals surface area contributed by atoms with Crippen molar-refractivity contribution in [2.24, 2.45) is 0 Å². The lowest BCUT2D eigenvalue weighted by atomic mass is 10.0. The molecule has 22 heavy (non-hydrogen) atoms. The minimum absolute atomic E-state index is 0.165. The van der Waals surface area contributed by atoms with Gasteiger partial charge in [0.2, 0.25) is 0 Å². The second-order valence-corrected chi connectivity index (χ2v) is 6.08. The lowest BCUT2D eigenvalue weighted by Gasteiger charge is -2.34. The van der Waals surface area contributed by atoms with Gasteiger partial charge in [-0.25, -0.2) is 9.97 Å². The monoisotopic (exact) mass is 306 g/mol. The third-order valence-electron chi connectivity index (χ3n) is 4.07. The standard InChI is InChI=1S/C16H26N4O2/c1-12(2)15-17-7-6-14(19-15)16(22)18-8-10-20-9-4-3-5-13(20)11-21/h6-7,12-13,21H,3-5,8-11H2,1-2H3,(H,18,22). The van der Waals surface area contributed by atoms with Crippen molar-refractivity contribution in [1.82, 2.24) is 20.2 Å². The van der Waals surface area contributed by atoms with Gasteiger partial charge in [0, 0.05) is 31.2 Å². The highest BCUT2D eigenvalue weighted by Gasteiger charge is 2.21. The number of hydrogen-bond acceptors (Lipinski definition) is 5. The van der Waals surface area contributed by atoms with Gasteiger partial charge in [-0.3, -0.25) is 9.69 Å². The molecule has 2 heterocycles. The minimum Gasteiger partial charge on any atom is -0.395 e. The summed E-state index contributed by atoms with van der Waals surface area (Å²) in [7, 11) is 0. The zero-order chi connectivity index (χ0) is 15.9. The van der Waals surface area contributed by atoms with Crippen molar-refractivity contribution in [3.05, 3.63) is 23.8 Å². The smallest absolute Gasteiger partial charge is 0.270 e. The molecular formula is C16H26N4O2. The first-order valence-corrected chi connectivity index (χ1v) is 8.08. The van der Waals surface area contributed by atoms with E-state index in [4.69, 9.17) is 0 Å². The van der Waals surface area contributed by atoms with E-state index in [1.165, 1.54) is 6.42 Å². The van der Waals surface area contributed by atoms with Crippen molar-refractivity contribution >= 4 is 5.91 Å². The second kappa shape index (κ2) is 8.19. The molecule has 6 nitrogen and oxygen atoms in total. The number of likely N-dealkylation sites (tertiary alicyclic amines) is 1. The fourth-order valence-electron chi connectivity index (χ4n) is 2.74. The first kappa shape index (κ1) is 16.8. The number of aliphatic hydroxyl groups is 1. The molecule has 0 bridgehead atoms. The molecule has 1 amide bonds. The van der Waals surface area contributed by atoms with E-state index in [0.717, 1.165) is 25.9 Å². The Bertz CT molecular complexity index is 493. The van der Waals surface area contributed by atoms with Crippen LogP contribution in [0.5, 0.6) is 0 Å². The SMILES string of the molecule is CC(C)c1nccc(C(=O)NCCN2CCCCC2CO)n1. The van der Waals surface area contributed by atoms with E-state index in [1.54, 1.807) is 12.3 Å². The van der Waals surface area contributed by atoms with Crippen LogP contribution >= 0.6 is 0 Å². The summed E-state index contributed by atoms with van der Waals surface area (Å²) in [4.78, 5) is 22.9. The molecule has 0 radical (unpaired) electrons. The number of aromatic nitrogens is 2. The normalized spacial score (nSPS) is 19.4. The Kier molecular flexibility index (Phi) is 6.27. The van der Waals surface area contributed by atoms with Gasteiger partial charge >= 0.3 is 0 Å². The van der Waals surface area contributed by atoms with Crippen molar-refractivity contribution in [2.45, 2.75) is 45.1 Å². The van der Waals surface area contributed by atoms with E-state index in [0.29, 0.717) is 18.1 Å². The largest absolute Gasteiger partial charge is 0.395 e. The van der Waals surface area contributed by atoms with Gasteiger partial charge in [0.05, 0.1) is 6.61 Å². The molecular weight excluding hydrogens is 280 g/mol. The molecule has 1 fully saturated rings. The van der Waals surface area contributed by atoms with Gasteiger partial charge in [0.1, 0.15) is 11.5 Å². The number of carbonyl (C=O) groups excluding carboxylic acids is 1. The molecule has 0 aromatic carbocycles. The zero-order valence-corrected chi connectivity index (χ0v) is 13.5. The zero-order valence-electron chi connectivity index (χ0n) is 13.5. The average molecular weight is 306 g/mol. The van der Waals surface area contributed by atoms with Gasteiger partial charge in [0.15, 0.2) is 0 Å². The lowest BCUT2D eigenvalue weighted by Crippen LogP contribution is -2.45. The number of carbonyl (C=O) groups is 1. The Morgan fingerprint density at radius 3 is 3.05 bits per heavy atom. The van der Waals surface area contributed by atoms with Crippen LogP contribution in [-0.4, -0.2) is 58.2 Å². The van der Waals surface area contributed by atoms with E-state index < -0.39 is 0 Å². The summed E-state index contributed by atoms with van der Waals surface area (Å²) in [5, 5.41) is 12.3. The van der Waals surface area contributed by atoms with Crippen molar-refractivity contribution in [2.75, 3.05) is 26.2 Å². The summed E-state index contributed by atoms with van der Waals surface area (Å²) >= 11 is 0. The molecule has 1 unspecified atom stereocenters. The number of aliphatic hydroxyl groups excluding tert-OH is 1. The lowest BCUT2D eigenvalue weighted by molar-refractivity contribution is 0.0846. The summed E-state index contributed by atoms with van der Waals surface area (Å²) in [6.07, 6.45) is 5.00. The van der Waals surface area contributed by atoms with Gasteiger partial charge in [-0.15, -0.1) is 0 Å². The van der Waals surface area contributed by atoms with Crippen LogP contribution in [0.2, 0.25) is 0 Å². The number of amides is 1. The van der Waals surface area contributed by atoms with Crippen LogP contribution in [0.25, 0.3) is 0 Å². The Hall–Kier alpha value is -1.53. The first-order valence-electron chi connectivity index (χ1n) is 8.08. The summed E-state index contributed by atoms with van der Waals surface area (Å²) < 4.78 is 0. The first-order chi connectivity index (χ1) is 10.6. The van der Waals surface area contributed by atoms with Crippen LogP contribution in [-0.2, 0) is 0 Å². The fourth-order valence-corrected chi connectivity index (χ4v) is 2.74. The maximum Gasteiger partial charge on any atom is 0.270 e. The predicted molar refractivity (Wildman–Crippen MR) is 84.8 cm³/mol. The maximum absolute atomic E-state index is 12.1. The summed E-state index contributed by atoms with van der Waals surface area (Å²) in [5.41, 5.74) is 0.413. The second-order valence-electron chi connectivity index (χ2n) is 6.08. The number of hydrogen-bond donors (Lipinski definition) is 2. The molecule has 122 valence electrons. The van der Waals surface area contributed by atoms with E-state index in [9.17, 15) is 9.90 Å². The van der Waals surface area contributed by atoms with Gasteiger partial charge in [-0.1, -0.05) is 20.3 Å². The quantitative estimate of drug-likeness (QED) is 0.825. The maximum atomic E-state index is 12.1. The van der Waals surface area contributed by atoms with E-state index in [1.807, 2.05) is 13.8 Å². The van der Waals surface area contributed by atoms with Crippen molar-refractivity contribution in [3.63, 3.8) is 0 Å². The highest BCUT2D eigenvalue weighted by Crippen LogP contribution is 2.15. The molecule has 1 aromatic heterocycles. The topological polar surface area (TPSA) is 78.4 Å². The molecule has 1 saturated heterocycles. The molecule has 1 aliphatic heterocycles. The van der Waals surface area contributed by atoms with Crippen LogP contribution in [0.1, 0.15) is 55.3 Å². The third-order valence-corrected chi connectivity index (χ3v) is 4.07. The predicted octanol–water partition coefficient (Wildman–Crippen LogP) is 1.18. The van der Waals surface area contributed by atoms with E-state index in [-0.39, 0.29) is 24.5 Å². The molecule has 0 aliphatic carbocycles. The number of rotatable bonds is 6. The van der Waals surface area contributed by atoms with E-state index in [2.05, 4.69) is 20.2 Å². The number of nitrogens with one attached hydrogen (secondary N) is 1. The summed E-state index contributed by atoms with van der Waals surface area (Å²) in [6, 6.07) is 1.87. The molecule has 1 atom stereocenters. The summed E-state index contributed by atoms with van der Waals surface area (Å²) in [5.74, 6) is 0.720. The highest BCUT2D eigenvalue weighted by atomic mass is 16.3. The molecule has 1 aliphatic rings. The van der Waals surface area contributed by atoms with Gasteiger partial charge in [-0.05, 0) is 25.5 Å². The Morgan fingerprint density at radius 2 is 2.32 bits per heavy atom. The average Bonchev–Trinajstić information content (AvgIpc) is 2.55. The van der Waals surface area contributed by atoms with Crippen LogP contribution in [0.15, 0.2) is 12.3 Å². The molecule has 2 N–H and O–H groups in total. The van der Waals surface area contributed by atoms with Crippen LogP contribution in [0.3, 0.4) is 0 Å². The number of piperidine rings is 1. The third kappa shape index (κ3) is 4.48. The highest BCUT2D eigenvalue weighted by molar-refractivity contribution is 5.92. The Labute approximate surface area is 132 Å². The van der Waals surface area contributed by atoms with E-state index >= 15 is 0 Å². The fraction of sp³-hybridized carbons (Fsp3) is 0.688.